The van der Waals surface area contributed by atoms with Gasteiger partial charge in [0.1, 0.15) is 5.78 Å². The second-order valence-corrected chi connectivity index (χ2v) is 12.4. The Kier molecular flexibility index (Phi) is 11.2. The summed E-state index contributed by atoms with van der Waals surface area (Å²) in [6, 6.07) is 19.5. The first-order valence-corrected chi connectivity index (χ1v) is 15.0. The van der Waals surface area contributed by atoms with Crippen LogP contribution in [-0.4, -0.2) is 31.0 Å². The van der Waals surface area contributed by atoms with Gasteiger partial charge in [-0.05, 0) is 103 Å². The Balaban J connectivity index is 2.27. The van der Waals surface area contributed by atoms with Crippen LogP contribution in [0.1, 0.15) is 95.4 Å². The maximum atomic E-state index is 12.1. The molecule has 3 aromatic rings. The number of hydrogen-bond donors (Lipinski definition) is 1. The lowest BCUT2D eigenvalue weighted by molar-refractivity contribution is -0.118. The Morgan fingerprint density at radius 3 is 2.32 bits per heavy atom. The summed E-state index contributed by atoms with van der Waals surface area (Å²) in [5.74, 6) is 0.448. The van der Waals surface area contributed by atoms with E-state index in [9.17, 15) is 4.79 Å². The molecule has 220 valence electrons. The smallest absolute Gasteiger partial charge is 0.147 e. The van der Waals surface area contributed by atoms with Gasteiger partial charge in [0.05, 0.1) is 17.8 Å². The van der Waals surface area contributed by atoms with E-state index in [1.54, 1.807) is 14.0 Å². The van der Waals surface area contributed by atoms with E-state index in [4.69, 9.17) is 9.72 Å². The molecule has 0 saturated heterocycles. The van der Waals surface area contributed by atoms with Crippen molar-refractivity contribution in [3.63, 3.8) is 0 Å². The van der Waals surface area contributed by atoms with Crippen molar-refractivity contribution in [3.8, 4) is 11.1 Å². The van der Waals surface area contributed by atoms with Crippen LogP contribution in [0.5, 0.6) is 0 Å². The Bertz CT molecular complexity index is 1370. The van der Waals surface area contributed by atoms with Crippen molar-refractivity contribution in [3.05, 3.63) is 88.7 Å². The molecule has 1 aromatic heterocycles. The highest BCUT2D eigenvalue weighted by Crippen LogP contribution is 2.44. The third kappa shape index (κ3) is 8.02. The van der Waals surface area contributed by atoms with Crippen molar-refractivity contribution >= 4 is 16.9 Å². The second-order valence-electron chi connectivity index (χ2n) is 12.4. The number of carbonyl (C=O) groups is 1. The lowest BCUT2D eigenvalue weighted by atomic mass is 9.75. The molecule has 0 saturated carbocycles. The van der Waals surface area contributed by atoms with Gasteiger partial charge in [-0.25, -0.2) is 0 Å². The van der Waals surface area contributed by atoms with Crippen LogP contribution >= 0.6 is 0 Å². The van der Waals surface area contributed by atoms with Gasteiger partial charge in [-0.3, -0.25) is 9.78 Å². The van der Waals surface area contributed by atoms with Crippen LogP contribution in [0.25, 0.3) is 22.3 Å². The number of hydrogen-bond acceptors (Lipinski definition) is 4. The maximum absolute atomic E-state index is 12.1. The van der Waals surface area contributed by atoms with Crippen LogP contribution in [0, 0.1) is 18.3 Å². The SMILES string of the molecule is CCC(C)(C)C/C(=C(\c1cccnc1C(C)OC)C(C)C)c1cc(-c2cccc(CC(NC)C(C)=O)c2)ccc1C. The summed E-state index contributed by atoms with van der Waals surface area (Å²) in [7, 11) is 3.60. The third-order valence-corrected chi connectivity index (χ3v) is 8.48. The minimum Gasteiger partial charge on any atom is -0.375 e. The molecule has 2 atom stereocenters. The van der Waals surface area contributed by atoms with E-state index in [2.05, 4.69) is 102 Å². The summed E-state index contributed by atoms with van der Waals surface area (Å²) in [5, 5.41) is 3.15. The fraction of sp³-hybridized carbons (Fsp3) is 0.459. The van der Waals surface area contributed by atoms with E-state index in [0.717, 1.165) is 29.7 Å². The topological polar surface area (TPSA) is 51.2 Å². The Labute approximate surface area is 248 Å². The number of methoxy groups -OCH3 is 1. The molecule has 3 rings (SSSR count). The molecule has 0 radical (unpaired) electrons. The summed E-state index contributed by atoms with van der Waals surface area (Å²) in [6.45, 7) is 17.5. The van der Waals surface area contributed by atoms with Crippen molar-refractivity contribution in [1.29, 1.82) is 0 Å². The molecule has 41 heavy (non-hydrogen) atoms. The molecule has 0 amide bonds. The summed E-state index contributed by atoms with van der Waals surface area (Å²) in [6.07, 6.45) is 4.48. The molecule has 0 aliphatic rings. The van der Waals surface area contributed by atoms with E-state index >= 15 is 0 Å². The summed E-state index contributed by atoms with van der Waals surface area (Å²) in [5.41, 5.74) is 11.1. The number of ether oxygens (including phenoxy) is 1. The molecular formula is C37H50N2O2. The first-order chi connectivity index (χ1) is 19.4. The van der Waals surface area contributed by atoms with Gasteiger partial charge in [-0.2, -0.15) is 0 Å². The largest absolute Gasteiger partial charge is 0.375 e. The van der Waals surface area contributed by atoms with Crippen LogP contribution in [0.15, 0.2) is 60.8 Å². The molecule has 4 nitrogen and oxygen atoms in total. The van der Waals surface area contributed by atoms with E-state index in [1.807, 2.05) is 19.3 Å². The van der Waals surface area contributed by atoms with Gasteiger partial charge in [-0.1, -0.05) is 83.5 Å². The number of ketones is 1. The number of nitrogens with one attached hydrogen (secondary N) is 1. The van der Waals surface area contributed by atoms with Crippen molar-refractivity contribution in [2.75, 3.05) is 14.2 Å². The zero-order valence-electron chi connectivity index (χ0n) is 26.9. The Morgan fingerprint density at radius 2 is 1.71 bits per heavy atom. The lowest BCUT2D eigenvalue weighted by Gasteiger charge is -2.30. The number of rotatable bonds is 13. The van der Waals surface area contributed by atoms with Gasteiger partial charge in [0.25, 0.3) is 0 Å². The molecule has 2 unspecified atom stereocenters. The number of benzene rings is 2. The van der Waals surface area contributed by atoms with Gasteiger partial charge in [0, 0.05) is 18.9 Å². The van der Waals surface area contributed by atoms with Gasteiger partial charge in [-0.15, -0.1) is 0 Å². The number of pyridine rings is 1. The molecule has 1 N–H and O–H groups in total. The van der Waals surface area contributed by atoms with Gasteiger partial charge < -0.3 is 10.1 Å². The minimum atomic E-state index is -0.179. The lowest BCUT2D eigenvalue weighted by Crippen LogP contribution is -2.34. The molecule has 0 bridgehead atoms. The van der Waals surface area contributed by atoms with E-state index < -0.39 is 0 Å². The maximum Gasteiger partial charge on any atom is 0.147 e. The fourth-order valence-corrected chi connectivity index (χ4v) is 5.53. The molecule has 0 aliphatic heterocycles. The number of aryl methyl sites for hydroxylation is 1. The number of likely N-dealkylation sites (N-methyl/N-ethyl adjacent to an activating group) is 1. The quantitative estimate of drug-likeness (QED) is 0.229. The highest BCUT2D eigenvalue weighted by Gasteiger charge is 2.26. The van der Waals surface area contributed by atoms with Crippen molar-refractivity contribution in [2.45, 2.75) is 86.8 Å². The number of Topliss-reactive ketones (excluding diaryl/α,β-unsaturated/α-hetero) is 1. The van der Waals surface area contributed by atoms with Crippen LogP contribution in [0.3, 0.4) is 0 Å². The van der Waals surface area contributed by atoms with Crippen LogP contribution < -0.4 is 5.32 Å². The monoisotopic (exact) mass is 554 g/mol. The number of allylic oxidation sites excluding steroid dienone is 2. The molecule has 4 heteroatoms. The van der Waals surface area contributed by atoms with E-state index in [0.29, 0.717) is 12.3 Å². The number of nitrogens with zero attached hydrogens (tertiary/aromatic N) is 1. The minimum absolute atomic E-state index is 0.105. The standard InChI is InChI=1S/C37H50N2O2/c1-11-37(7,8)23-33(35(24(2)3)31-16-13-19-39-36(31)27(6)41-10)32-22-30(18-17-25(32)4)29-15-12-14-28(20-29)21-34(38-9)26(5)40/h12-20,22,24,27,34,38H,11,21,23H2,1-10H3/b35-33+. The van der Waals surface area contributed by atoms with Gasteiger partial charge in [0.15, 0.2) is 0 Å². The van der Waals surface area contributed by atoms with E-state index in [1.165, 1.54) is 33.4 Å². The summed E-state index contributed by atoms with van der Waals surface area (Å²) >= 11 is 0. The fourth-order valence-electron chi connectivity index (χ4n) is 5.53. The molecule has 0 spiro atoms. The molecule has 0 aliphatic carbocycles. The summed E-state index contributed by atoms with van der Waals surface area (Å²) in [4.78, 5) is 16.9. The van der Waals surface area contributed by atoms with Crippen molar-refractivity contribution in [2.24, 2.45) is 11.3 Å². The second kappa shape index (κ2) is 14.2. The third-order valence-electron chi connectivity index (χ3n) is 8.48. The zero-order chi connectivity index (χ0) is 30.3. The molecule has 1 heterocycles. The highest BCUT2D eigenvalue weighted by atomic mass is 16.5. The molecular weight excluding hydrogens is 504 g/mol. The van der Waals surface area contributed by atoms with Crippen LogP contribution in [0.4, 0.5) is 0 Å². The predicted octanol–water partition coefficient (Wildman–Crippen LogP) is 8.88. The average molecular weight is 555 g/mol. The average Bonchev–Trinajstić information content (AvgIpc) is 2.95. The Hall–Kier alpha value is -3.08. The Morgan fingerprint density at radius 1 is 1.00 bits per heavy atom. The highest BCUT2D eigenvalue weighted by molar-refractivity contribution is 5.94. The predicted molar refractivity (Wildman–Crippen MR) is 174 cm³/mol. The van der Waals surface area contributed by atoms with Gasteiger partial charge in [0.2, 0.25) is 0 Å². The zero-order valence-corrected chi connectivity index (χ0v) is 26.9. The van der Waals surface area contributed by atoms with Crippen LogP contribution in [-0.2, 0) is 16.0 Å². The van der Waals surface area contributed by atoms with Crippen LogP contribution in [0.2, 0.25) is 0 Å². The van der Waals surface area contributed by atoms with Gasteiger partial charge >= 0.3 is 0 Å². The van der Waals surface area contributed by atoms with Crippen molar-refractivity contribution in [1.82, 2.24) is 10.3 Å². The number of carbonyl (C=O) groups excluding carboxylic acids is 1. The normalized spacial score (nSPS) is 14.1. The molecule has 2 aromatic carbocycles. The number of aromatic nitrogens is 1. The van der Waals surface area contributed by atoms with E-state index in [-0.39, 0.29) is 23.3 Å². The van der Waals surface area contributed by atoms with Crippen molar-refractivity contribution < 1.29 is 9.53 Å². The molecule has 0 fully saturated rings. The first-order valence-electron chi connectivity index (χ1n) is 15.0. The summed E-state index contributed by atoms with van der Waals surface area (Å²) < 4.78 is 5.77. The first kappa shape index (κ1) is 32.4.